The summed E-state index contributed by atoms with van der Waals surface area (Å²) in [6.07, 6.45) is 6.15. The van der Waals surface area contributed by atoms with E-state index in [2.05, 4.69) is 13.0 Å². The standard InChI is InChI=1S/C22H29NO5S/c1-21-9-8-16-15-5-3-14(24)12-13(15)2-4-17(16)18(21)6-7-19(21)28-20(25)22(10-11-22)29(23,26)27/h3,5,12,16-19,24H,2,4,6-11H2,1H3,(H2,23,26,27). The number of carbonyl (C=O) groups is 1. The average molecular weight is 420 g/mol. The van der Waals surface area contributed by atoms with Crippen LogP contribution in [0.5, 0.6) is 5.75 Å². The molecule has 7 heteroatoms. The van der Waals surface area contributed by atoms with E-state index in [0.717, 1.165) is 38.5 Å². The van der Waals surface area contributed by atoms with Crippen molar-refractivity contribution in [3.8, 4) is 5.75 Å². The normalized spacial score (nSPS) is 37.2. The number of benzene rings is 1. The molecule has 4 aliphatic rings. The molecule has 29 heavy (non-hydrogen) atoms. The van der Waals surface area contributed by atoms with Crippen LogP contribution in [0.3, 0.4) is 0 Å². The number of ether oxygens (including phenoxy) is 1. The molecule has 0 bridgehead atoms. The topological polar surface area (TPSA) is 107 Å². The Morgan fingerprint density at radius 2 is 1.93 bits per heavy atom. The molecule has 0 radical (unpaired) electrons. The Morgan fingerprint density at radius 3 is 2.62 bits per heavy atom. The van der Waals surface area contributed by atoms with Crippen LogP contribution in [0.1, 0.15) is 68.9 Å². The number of sulfonamides is 1. The van der Waals surface area contributed by atoms with E-state index in [1.807, 2.05) is 6.07 Å². The van der Waals surface area contributed by atoms with Crippen LogP contribution < -0.4 is 5.14 Å². The number of aromatic hydroxyl groups is 1. The number of aryl methyl sites for hydroxylation is 1. The number of fused-ring (bicyclic) bond motifs is 5. The van der Waals surface area contributed by atoms with E-state index >= 15 is 0 Å². The summed E-state index contributed by atoms with van der Waals surface area (Å²) >= 11 is 0. The Balaban J connectivity index is 1.37. The Morgan fingerprint density at radius 1 is 1.17 bits per heavy atom. The minimum absolute atomic E-state index is 0.111. The number of esters is 1. The Hall–Kier alpha value is -1.60. The number of carbonyl (C=O) groups excluding carboxylic acids is 1. The van der Waals surface area contributed by atoms with Crippen molar-refractivity contribution in [2.75, 3.05) is 0 Å². The zero-order valence-corrected chi connectivity index (χ0v) is 17.6. The molecule has 5 rings (SSSR count). The molecule has 0 aromatic heterocycles. The highest BCUT2D eigenvalue weighted by atomic mass is 32.2. The Labute approximate surface area is 171 Å². The summed E-state index contributed by atoms with van der Waals surface area (Å²) in [5, 5.41) is 15.1. The second-order valence-electron chi connectivity index (χ2n) is 9.85. The van der Waals surface area contributed by atoms with Gasteiger partial charge in [0.15, 0.2) is 4.75 Å². The summed E-state index contributed by atoms with van der Waals surface area (Å²) in [5.74, 6) is 1.19. The van der Waals surface area contributed by atoms with Gasteiger partial charge in [0.25, 0.3) is 0 Å². The molecule has 5 unspecified atom stereocenters. The fourth-order valence-corrected chi connectivity index (χ4v) is 7.62. The molecule has 1 aromatic carbocycles. The van der Waals surface area contributed by atoms with Crippen LogP contribution in [0.15, 0.2) is 18.2 Å². The lowest BCUT2D eigenvalue weighted by Gasteiger charge is -2.50. The van der Waals surface area contributed by atoms with Gasteiger partial charge in [0.1, 0.15) is 11.9 Å². The van der Waals surface area contributed by atoms with Gasteiger partial charge in [0.2, 0.25) is 10.0 Å². The molecule has 6 nitrogen and oxygen atoms in total. The summed E-state index contributed by atoms with van der Waals surface area (Å²) < 4.78 is 28.1. The van der Waals surface area contributed by atoms with Crippen LogP contribution >= 0.6 is 0 Å². The zero-order chi connectivity index (χ0) is 20.6. The smallest absolute Gasteiger partial charge is 0.329 e. The van der Waals surface area contributed by atoms with Gasteiger partial charge in [0.05, 0.1) is 0 Å². The second-order valence-corrected chi connectivity index (χ2v) is 11.7. The number of primary sulfonamides is 1. The maximum Gasteiger partial charge on any atom is 0.329 e. The minimum Gasteiger partial charge on any atom is -0.508 e. The number of nitrogens with two attached hydrogens (primary N) is 1. The first-order valence-corrected chi connectivity index (χ1v) is 12.3. The second kappa shape index (κ2) is 6.20. The summed E-state index contributed by atoms with van der Waals surface area (Å²) in [6, 6.07) is 5.77. The zero-order valence-electron chi connectivity index (χ0n) is 16.8. The van der Waals surface area contributed by atoms with Gasteiger partial charge in [-0.2, -0.15) is 0 Å². The fourth-order valence-electron chi connectivity index (χ4n) is 6.67. The van der Waals surface area contributed by atoms with Crippen LogP contribution in [-0.4, -0.2) is 30.3 Å². The van der Waals surface area contributed by atoms with E-state index < -0.39 is 20.7 Å². The lowest BCUT2D eigenvalue weighted by Crippen LogP contribution is -2.47. The van der Waals surface area contributed by atoms with Gasteiger partial charge in [-0.05, 0) is 92.4 Å². The van der Waals surface area contributed by atoms with Crippen molar-refractivity contribution in [2.24, 2.45) is 22.4 Å². The monoisotopic (exact) mass is 419 g/mol. The van der Waals surface area contributed by atoms with Gasteiger partial charge < -0.3 is 9.84 Å². The number of rotatable bonds is 3. The van der Waals surface area contributed by atoms with Gasteiger partial charge in [-0.1, -0.05) is 13.0 Å². The van der Waals surface area contributed by atoms with Gasteiger partial charge in [0, 0.05) is 5.41 Å². The van der Waals surface area contributed by atoms with Crippen molar-refractivity contribution in [1.82, 2.24) is 0 Å². The molecule has 3 N–H and O–H groups in total. The Kier molecular flexibility index (Phi) is 4.14. The van der Waals surface area contributed by atoms with Crippen molar-refractivity contribution in [1.29, 1.82) is 0 Å². The minimum atomic E-state index is -3.93. The van der Waals surface area contributed by atoms with E-state index in [-0.39, 0.29) is 24.4 Å². The molecule has 0 spiro atoms. The molecule has 1 aromatic rings. The largest absolute Gasteiger partial charge is 0.508 e. The highest BCUT2D eigenvalue weighted by molar-refractivity contribution is 7.91. The number of phenolic OH excluding ortho intramolecular Hbond substituents is 1. The molecular formula is C22H29NO5S. The van der Waals surface area contributed by atoms with Gasteiger partial charge in [-0.3, -0.25) is 4.79 Å². The van der Waals surface area contributed by atoms with E-state index in [4.69, 9.17) is 9.88 Å². The van der Waals surface area contributed by atoms with Gasteiger partial charge in [-0.15, -0.1) is 0 Å². The third kappa shape index (κ3) is 2.76. The molecule has 0 aliphatic heterocycles. The molecule has 5 atom stereocenters. The lowest BCUT2D eigenvalue weighted by molar-refractivity contribution is -0.158. The van der Waals surface area contributed by atoms with Crippen molar-refractivity contribution < 1.29 is 23.1 Å². The van der Waals surface area contributed by atoms with Crippen LogP contribution in [-0.2, 0) is 26.0 Å². The summed E-state index contributed by atoms with van der Waals surface area (Å²) in [5.41, 5.74) is 2.52. The maximum atomic E-state index is 12.7. The molecule has 3 saturated carbocycles. The number of hydrogen-bond donors (Lipinski definition) is 2. The molecule has 4 aliphatic carbocycles. The third-order valence-electron chi connectivity index (χ3n) is 8.49. The SMILES string of the molecule is CC12CCC3c4ccc(O)cc4CCC3C1CCC2OC(=O)C1(S(N)(=O)=O)CC1. The molecular weight excluding hydrogens is 390 g/mol. The van der Waals surface area contributed by atoms with Crippen molar-refractivity contribution in [3.05, 3.63) is 29.3 Å². The number of hydrogen-bond acceptors (Lipinski definition) is 5. The first-order chi connectivity index (χ1) is 13.7. The molecule has 0 heterocycles. The quantitative estimate of drug-likeness (QED) is 0.733. The lowest BCUT2D eigenvalue weighted by atomic mass is 9.55. The van der Waals surface area contributed by atoms with Crippen molar-refractivity contribution >= 4 is 16.0 Å². The molecule has 0 amide bonds. The van der Waals surface area contributed by atoms with Gasteiger partial charge >= 0.3 is 5.97 Å². The van der Waals surface area contributed by atoms with E-state index in [0.29, 0.717) is 23.5 Å². The highest BCUT2D eigenvalue weighted by Gasteiger charge is 2.63. The first-order valence-electron chi connectivity index (χ1n) is 10.7. The third-order valence-corrected chi connectivity index (χ3v) is 10.2. The fraction of sp³-hybridized carbons (Fsp3) is 0.682. The summed E-state index contributed by atoms with van der Waals surface area (Å²) in [7, 11) is -3.93. The maximum absolute atomic E-state index is 12.7. The van der Waals surface area contributed by atoms with Crippen molar-refractivity contribution in [2.45, 2.75) is 75.1 Å². The molecule has 158 valence electrons. The summed E-state index contributed by atoms with van der Waals surface area (Å²) in [6.45, 7) is 2.22. The first kappa shape index (κ1) is 19.4. The average Bonchev–Trinajstić information content (AvgIpc) is 3.42. The molecule has 3 fully saturated rings. The highest BCUT2D eigenvalue weighted by Crippen LogP contribution is 2.62. The van der Waals surface area contributed by atoms with E-state index in [1.165, 1.54) is 11.1 Å². The Bertz CT molecular complexity index is 969. The van der Waals surface area contributed by atoms with Crippen LogP contribution in [0.25, 0.3) is 0 Å². The van der Waals surface area contributed by atoms with Crippen LogP contribution in [0.2, 0.25) is 0 Å². The van der Waals surface area contributed by atoms with E-state index in [1.54, 1.807) is 6.07 Å². The number of phenols is 1. The predicted molar refractivity (Wildman–Crippen MR) is 108 cm³/mol. The summed E-state index contributed by atoms with van der Waals surface area (Å²) in [4.78, 5) is 12.7. The van der Waals surface area contributed by atoms with Crippen LogP contribution in [0, 0.1) is 17.3 Å². The predicted octanol–water partition coefficient (Wildman–Crippen LogP) is 2.98. The van der Waals surface area contributed by atoms with Crippen LogP contribution in [0.4, 0.5) is 0 Å². The van der Waals surface area contributed by atoms with E-state index in [9.17, 15) is 18.3 Å². The van der Waals surface area contributed by atoms with Crippen molar-refractivity contribution in [3.63, 3.8) is 0 Å². The van der Waals surface area contributed by atoms with Gasteiger partial charge in [-0.25, -0.2) is 13.6 Å². The molecule has 0 saturated heterocycles.